The number of hydrogen-bond acceptors (Lipinski definition) is 3. The standard InChI is InChI=1S/C21H21Cl2N3O2/c22-17-8-4-9-18(23)16(17)13-26-19(27)21(24-20(26)28)10-5-11-25(14-21)12-15-6-2-1-3-7-15/h1-4,6-9H,5,10-14H2,(H,24,28)/t21-/m1/s1. The molecule has 0 aromatic heterocycles. The fourth-order valence-electron chi connectivity index (χ4n) is 4.06. The molecule has 5 nitrogen and oxygen atoms in total. The average molecular weight is 418 g/mol. The van der Waals surface area contributed by atoms with Gasteiger partial charge in [-0.05, 0) is 37.1 Å². The van der Waals surface area contributed by atoms with Gasteiger partial charge in [0.2, 0.25) is 0 Å². The third-order valence-electron chi connectivity index (χ3n) is 5.44. The predicted octanol–water partition coefficient (Wildman–Crippen LogP) is 4.08. The maximum Gasteiger partial charge on any atom is 0.325 e. The van der Waals surface area contributed by atoms with E-state index >= 15 is 0 Å². The number of urea groups is 1. The largest absolute Gasteiger partial charge is 0.325 e. The molecule has 146 valence electrons. The van der Waals surface area contributed by atoms with Crippen molar-refractivity contribution in [1.82, 2.24) is 15.1 Å². The first-order chi connectivity index (χ1) is 13.5. The number of likely N-dealkylation sites (tertiary alicyclic amines) is 1. The van der Waals surface area contributed by atoms with Crippen LogP contribution in [0.3, 0.4) is 0 Å². The van der Waals surface area contributed by atoms with Gasteiger partial charge in [-0.2, -0.15) is 0 Å². The minimum atomic E-state index is -0.877. The van der Waals surface area contributed by atoms with Crippen LogP contribution >= 0.6 is 23.2 Å². The van der Waals surface area contributed by atoms with E-state index in [1.165, 1.54) is 10.5 Å². The van der Waals surface area contributed by atoms with Crippen molar-refractivity contribution < 1.29 is 9.59 Å². The molecule has 2 aliphatic heterocycles. The van der Waals surface area contributed by atoms with Gasteiger partial charge >= 0.3 is 6.03 Å². The Bertz CT molecular complexity index is 886. The molecule has 2 aromatic carbocycles. The second-order valence-corrected chi connectivity index (χ2v) is 8.22. The minimum Gasteiger partial charge on any atom is -0.322 e. The molecule has 2 aromatic rings. The Labute approximate surface area is 174 Å². The Hall–Kier alpha value is -2.08. The summed E-state index contributed by atoms with van der Waals surface area (Å²) in [4.78, 5) is 29.3. The maximum atomic E-state index is 13.2. The van der Waals surface area contributed by atoms with Crippen LogP contribution in [0.25, 0.3) is 0 Å². The summed E-state index contributed by atoms with van der Waals surface area (Å²) < 4.78 is 0. The Morgan fingerprint density at radius 3 is 2.39 bits per heavy atom. The van der Waals surface area contributed by atoms with Crippen molar-refractivity contribution in [3.05, 3.63) is 69.7 Å². The third kappa shape index (κ3) is 3.62. The van der Waals surface area contributed by atoms with Gasteiger partial charge in [-0.25, -0.2) is 4.79 Å². The van der Waals surface area contributed by atoms with Crippen LogP contribution in [0.1, 0.15) is 24.0 Å². The van der Waals surface area contributed by atoms with E-state index in [-0.39, 0.29) is 18.5 Å². The fourth-order valence-corrected chi connectivity index (χ4v) is 4.58. The SMILES string of the molecule is O=C1N[C@@]2(CCCN(Cc3ccccc3)C2)C(=O)N1Cc1c(Cl)cccc1Cl. The molecule has 2 heterocycles. The normalized spacial score (nSPS) is 22.7. The van der Waals surface area contributed by atoms with Crippen LogP contribution in [0.15, 0.2) is 48.5 Å². The zero-order valence-electron chi connectivity index (χ0n) is 15.3. The first kappa shape index (κ1) is 19.2. The Morgan fingerprint density at radius 1 is 0.964 bits per heavy atom. The number of carbonyl (C=O) groups is 2. The van der Waals surface area contributed by atoms with E-state index in [9.17, 15) is 9.59 Å². The molecular weight excluding hydrogens is 397 g/mol. The highest BCUT2D eigenvalue weighted by Gasteiger charge is 2.53. The van der Waals surface area contributed by atoms with Crippen LogP contribution in [0.2, 0.25) is 10.0 Å². The van der Waals surface area contributed by atoms with Gasteiger partial charge < -0.3 is 5.32 Å². The second kappa shape index (κ2) is 7.74. The molecule has 0 radical (unpaired) electrons. The van der Waals surface area contributed by atoms with Crippen LogP contribution in [-0.4, -0.2) is 40.4 Å². The van der Waals surface area contributed by atoms with E-state index in [2.05, 4.69) is 22.3 Å². The molecule has 1 spiro atoms. The third-order valence-corrected chi connectivity index (χ3v) is 6.15. The summed E-state index contributed by atoms with van der Waals surface area (Å²) in [5.74, 6) is -0.203. The number of benzene rings is 2. The summed E-state index contributed by atoms with van der Waals surface area (Å²) in [7, 11) is 0. The van der Waals surface area contributed by atoms with Crippen molar-refractivity contribution in [2.75, 3.05) is 13.1 Å². The molecule has 2 fully saturated rings. The summed E-state index contributed by atoms with van der Waals surface area (Å²) in [6.07, 6.45) is 1.48. The molecule has 7 heteroatoms. The number of carbonyl (C=O) groups excluding carboxylic acids is 2. The summed E-state index contributed by atoms with van der Waals surface area (Å²) in [6, 6.07) is 14.9. The molecule has 1 atom stereocenters. The molecule has 1 N–H and O–H groups in total. The molecule has 2 aliphatic rings. The highest BCUT2D eigenvalue weighted by molar-refractivity contribution is 6.36. The molecule has 3 amide bonds. The van der Waals surface area contributed by atoms with Crippen LogP contribution in [0, 0.1) is 0 Å². The van der Waals surface area contributed by atoms with Crippen LogP contribution < -0.4 is 5.32 Å². The molecule has 0 unspecified atom stereocenters. The molecule has 0 aliphatic carbocycles. The zero-order valence-corrected chi connectivity index (χ0v) is 16.8. The van der Waals surface area contributed by atoms with Crippen molar-refractivity contribution in [3.63, 3.8) is 0 Å². The number of halogens is 2. The number of hydrogen-bond donors (Lipinski definition) is 1. The van der Waals surface area contributed by atoms with Gasteiger partial charge in [0.1, 0.15) is 5.54 Å². The Morgan fingerprint density at radius 2 is 1.68 bits per heavy atom. The van der Waals surface area contributed by atoms with Gasteiger partial charge in [-0.1, -0.05) is 59.6 Å². The van der Waals surface area contributed by atoms with Gasteiger partial charge in [0.15, 0.2) is 0 Å². The van der Waals surface area contributed by atoms with Crippen LogP contribution in [-0.2, 0) is 17.9 Å². The van der Waals surface area contributed by atoms with E-state index < -0.39 is 5.54 Å². The van der Waals surface area contributed by atoms with Crippen molar-refractivity contribution >= 4 is 35.1 Å². The van der Waals surface area contributed by atoms with Gasteiger partial charge in [0.05, 0.1) is 6.54 Å². The first-order valence-corrected chi connectivity index (χ1v) is 10.1. The Kier molecular flexibility index (Phi) is 5.32. The van der Waals surface area contributed by atoms with Crippen molar-refractivity contribution in [1.29, 1.82) is 0 Å². The lowest BCUT2D eigenvalue weighted by Crippen LogP contribution is -2.58. The first-order valence-electron chi connectivity index (χ1n) is 9.32. The Balaban J connectivity index is 1.52. The van der Waals surface area contributed by atoms with Crippen molar-refractivity contribution in [3.8, 4) is 0 Å². The monoisotopic (exact) mass is 417 g/mol. The summed E-state index contributed by atoms with van der Waals surface area (Å²) in [6.45, 7) is 2.22. The van der Waals surface area contributed by atoms with E-state index in [0.717, 1.165) is 19.5 Å². The van der Waals surface area contributed by atoms with Crippen molar-refractivity contribution in [2.45, 2.75) is 31.5 Å². The molecule has 4 rings (SSSR count). The van der Waals surface area contributed by atoms with E-state index in [4.69, 9.17) is 23.2 Å². The summed E-state index contributed by atoms with van der Waals surface area (Å²) >= 11 is 12.5. The van der Waals surface area contributed by atoms with Gasteiger partial charge in [-0.15, -0.1) is 0 Å². The second-order valence-electron chi connectivity index (χ2n) is 7.40. The number of rotatable bonds is 4. The van der Waals surface area contributed by atoms with Gasteiger partial charge in [0.25, 0.3) is 5.91 Å². The number of amides is 3. The number of piperidine rings is 1. The van der Waals surface area contributed by atoms with Crippen LogP contribution in [0.4, 0.5) is 4.79 Å². The molecule has 0 saturated carbocycles. The smallest absolute Gasteiger partial charge is 0.322 e. The molecule has 0 bridgehead atoms. The highest BCUT2D eigenvalue weighted by atomic mass is 35.5. The summed E-state index contributed by atoms with van der Waals surface area (Å²) in [5, 5.41) is 3.85. The van der Waals surface area contributed by atoms with Gasteiger partial charge in [-0.3, -0.25) is 14.6 Å². The van der Waals surface area contributed by atoms with Crippen LogP contribution in [0.5, 0.6) is 0 Å². The average Bonchev–Trinajstić information content (AvgIpc) is 2.89. The maximum absolute atomic E-state index is 13.2. The zero-order chi connectivity index (χ0) is 19.7. The lowest BCUT2D eigenvalue weighted by molar-refractivity contribution is -0.133. The lowest BCUT2D eigenvalue weighted by atomic mass is 9.88. The summed E-state index contributed by atoms with van der Waals surface area (Å²) in [5.41, 5.74) is 0.900. The topological polar surface area (TPSA) is 52.7 Å². The van der Waals surface area contributed by atoms with E-state index in [1.807, 2.05) is 18.2 Å². The van der Waals surface area contributed by atoms with Gasteiger partial charge in [0, 0.05) is 28.7 Å². The quantitative estimate of drug-likeness (QED) is 0.762. The predicted molar refractivity (Wildman–Crippen MR) is 109 cm³/mol. The van der Waals surface area contributed by atoms with E-state index in [1.54, 1.807) is 18.2 Å². The number of imide groups is 1. The number of nitrogens with zero attached hydrogens (tertiary/aromatic N) is 2. The molecular formula is C21H21Cl2N3O2. The highest BCUT2D eigenvalue weighted by Crippen LogP contribution is 2.32. The lowest BCUT2D eigenvalue weighted by Gasteiger charge is -2.38. The minimum absolute atomic E-state index is 0.0730. The fraction of sp³-hybridized carbons (Fsp3) is 0.333. The van der Waals surface area contributed by atoms with Crippen molar-refractivity contribution in [2.24, 2.45) is 0 Å². The molecule has 28 heavy (non-hydrogen) atoms. The molecule has 2 saturated heterocycles. The van der Waals surface area contributed by atoms with E-state index in [0.29, 0.717) is 28.6 Å². The number of nitrogens with one attached hydrogen (secondary N) is 1.